The zero-order valence-electron chi connectivity index (χ0n) is 10.6. The Balaban J connectivity index is 2.31. The van der Waals surface area contributed by atoms with Gasteiger partial charge < -0.3 is 10.2 Å². The van der Waals surface area contributed by atoms with Crippen LogP contribution < -0.4 is 5.32 Å². The summed E-state index contributed by atoms with van der Waals surface area (Å²) in [5.41, 5.74) is 0.309. The highest BCUT2D eigenvalue weighted by atomic mass is 15.1. The van der Waals surface area contributed by atoms with Crippen molar-refractivity contribution in [2.75, 3.05) is 33.7 Å². The Morgan fingerprint density at radius 2 is 2.07 bits per heavy atom. The van der Waals surface area contributed by atoms with Gasteiger partial charge in [-0.1, -0.05) is 13.8 Å². The molecule has 0 spiro atoms. The average Bonchev–Trinajstić information content (AvgIpc) is 2.15. The third-order valence-corrected chi connectivity index (χ3v) is 2.64. The Kier molecular flexibility index (Phi) is 4.58. The first-order chi connectivity index (χ1) is 6.99. The number of aliphatic imine (C=N–C) groups is 1. The lowest BCUT2D eigenvalue weighted by atomic mass is 9.93. The summed E-state index contributed by atoms with van der Waals surface area (Å²) in [4.78, 5) is 6.74. The predicted octanol–water partition coefficient (Wildman–Crippen LogP) is 1.75. The Hall–Kier alpha value is -0.570. The van der Waals surface area contributed by atoms with Gasteiger partial charge in [-0.25, -0.2) is 0 Å². The largest absolute Gasteiger partial charge is 0.373 e. The molecule has 1 rings (SSSR count). The zero-order valence-corrected chi connectivity index (χ0v) is 10.6. The number of hydrogen-bond donors (Lipinski definition) is 1. The smallest absolute Gasteiger partial charge is 0.0963 e. The van der Waals surface area contributed by atoms with Gasteiger partial charge in [0.1, 0.15) is 0 Å². The Bertz CT molecular complexity index is 219. The van der Waals surface area contributed by atoms with Crippen molar-refractivity contribution in [3.05, 3.63) is 0 Å². The fourth-order valence-electron chi connectivity index (χ4n) is 2.09. The van der Waals surface area contributed by atoms with E-state index < -0.39 is 0 Å². The van der Waals surface area contributed by atoms with Gasteiger partial charge in [0.25, 0.3) is 0 Å². The molecule has 3 heteroatoms. The van der Waals surface area contributed by atoms with Crippen molar-refractivity contribution in [1.82, 2.24) is 10.2 Å². The third kappa shape index (κ3) is 5.17. The summed E-state index contributed by atoms with van der Waals surface area (Å²) < 4.78 is 0. The molecule has 0 aromatic heterocycles. The molecular weight excluding hydrogens is 186 g/mol. The molecule has 0 fully saturated rings. The third-order valence-electron chi connectivity index (χ3n) is 2.64. The van der Waals surface area contributed by atoms with Crippen molar-refractivity contribution >= 4 is 5.84 Å². The topological polar surface area (TPSA) is 27.6 Å². The molecule has 0 saturated carbocycles. The standard InChI is InChI=1S/C12H25N3/c1-12(2,10-15(3)4)9-14-11-7-5-6-8-13-11/h5-10H2,1-4H3,(H,13,14). The van der Waals surface area contributed by atoms with Crippen molar-refractivity contribution < 1.29 is 0 Å². The van der Waals surface area contributed by atoms with Gasteiger partial charge in [0.2, 0.25) is 0 Å². The second-order valence-electron chi connectivity index (χ2n) is 5.54. The van der Waals surface area contributed by atoms with Crippen LogP contribution in [0.3, 0.4) is 0 Å². The summed E-state index contributed by atoms with van der Waals surface area (Å²) in [6, 6.07) is 0. The minimum atomic E-state index is 0.309. The van der Waals surface area contributed by atoms with E-state index in [4.69, 9.17) is 0 Å². The maximum absolute atomic E-state index is 4.50. The summed E-state index contributed by atoms with van der Waals surface area (Å²) in [6.07, 6.45) is 3.68. The monoisotopic (exact) mass is 211 g/mol. The van der Waals surface area contributed by atoms with Gasteiger partial charge in [-0.15, -0.1) is 0 Å². The van der Waals surface area contributed by atoms with Crippen molar-refractivity contribution in [3.8, 4) is 0 Å². The van der Waals surface area contributed by atoms with Crippen LogP contribution >= 0.6 is 0 Å². The maximum atomic E-state index is 4.50. The van der Waals surface area contributed by atoms with Gasteiger partial charge in [-0.2, -0.15) is 0 Å². The summed E-state index contributed by atoms with van der Waals surface area (Å²) in [6.45, 7) is 7.72. The molecule has 0 bridgehead atoms. The molecule has 15 heavy (non-hydrogen) atoms. The molecule has 0 aromatic rings. The van der Waals surface area contributed by atoms with Crippen LogP contribution in [0.25, 0.3) is 0 Å². The number of hydrogen-bond acceptors (Lipinski definition) is 3. The van der Waals surface area contributed by atoms with Crippen molar-refractivity contribution in [2.45, 2.75) is 33.1 Å². The molecule has 0 radical (unpaired) electrons. The minimum absolute atomic E-state index is 0.309. The average molecular weight is 211 g/mol. The van der Waals surface area contributed by atoms with E-state index in [1.807, 2.05) is 0 Å². The van der Waals surface area contributed by atoms with E-state index in [9.17, 15) is 0 Å². The maximum Gasteiger partial charge on any atom is 0.0963 e. The highest BCUT2D eigenvalue weighted by Crippen LogP contribution is 2.15. The molecule has 1 aliphatic heterocycles. The number of nitrogens with one attached hydrogen (secondary N) is 1. The molecule has 1 N–H and O–H groups in total. The van der Waals surface area contributed by atoms with E-state index in [2.05, 4.69) is 43.2 Å². The summed E-state index contributed by atoms with van der Waals surface area (Å²) in [7, 11) is 4.25. The Labute approximate surface area is 94.0 Å². The summed E-state index contributed by atoms with van der Waals surface area (Å²) >= 11 is 0. The van der Waals surface area contributed by atoms with Crippen LogP contribution in [-0.2, 0) is 0 Å². The van der Waals surface area contributed by atoms with E-state index in [1.54, 1.807) is 0 Å². The summed E-state index contributed by atoms with van der Waals surface area (Å²) in [5.74, 6) is 1.22. The zero-order chi connectivity index (χ0) is 11.3. The predicted molar refractivity (Wildman–Crippen MR) is 66.5 cm³/mol. The number of rotatable bonds is 4. The van der Waals surface area contributed by atoms with Gasteiger partial charge in [0.05, 0.1) is 5.84 Å². The van der Waals surface area contributed by atoms with Crippen LogP contribution in [-0.4, -0.2) is 44.5 Å². The fraction of sp³-hybridized carbons (Fsp3) is 0.917. The molecule has 0 aromatic carbocycles. The van der Waals surface area contributed by atoms with Gasteiger partial charge in [-0.05, 0) is 32.4 Å². The lowest BCUT2D eigenvalue weighted by molar-refractivity contribution is 0.241. The van der Waals surface area contributed by atoms with Crippen LogP contribution in [0.5, 0.6) is 0 Å². The fourth-order valence-corrected chi connectivity index (χ4v) is 2.09. The molecule has 0 amide bonds. The molecule has 3 nitrogen and oxygen atoms in total. The first kappa shape index (κ1) is 12.5. The van der Waals surface area contributed by atoms with Crippen LogP contribution in [0.15, 0.2) is 4.99 Å². The quantitative estimate of drug-likeness (QED) is 0.767. The normalized spacial score (nSPS) is 17.8. The Morgan fingerprint density at radius 3 is 2.60 bits per heavy atom. The van der Waals surface area contributed by atoms with Crippen molar-refractivity contribution in [2.24, 2.45) is 10.4 Å². The second-order valence-corrected chi connectivity index (χ2v) is 5.54. The van der Waals surface area contributed by atoms with Crippen LogP contribution in [0, 0.1) is 5.41 Å². The summed E-state index contributed by atoms with van der Waals surface area (Å²) in [5, 5.41) is 3.49. The molecule has 0 aliphatic carbocycles. The van der Waals surface area contributed by atoms with Crippen molar-refractivity contribution in [1.29, 1.82) is 0 Å². The SMILES string of the molecule is CN(C)CC(C)(C)CNC1=NCCCC1. The molecular formula is C12H25N3. The van der Waals surface area contributed by atoms with Crippen molar-refractivity contribution in [3.63, 3.8) is 0 Å². The van der Waals surface area contributed by atoms with Crippen LogP contribution in [0.2, 0.25) is 0 Å². The molecule has 1 heterocycles. The molecule has 0 atom stereocenters. The first-order valence-electron chi connectivity index (χ1n) is 5.91. The van der Waals surface area contributed by atoms with E-state index in [1.165, 1.54) is 18.7 Å². The molecule has 0 unspecified atom stereocenters. The van der Waals surface area contributed by atoms with Crippen LogP contribution in [0.4, 0.5) is 0 Å². The second kappa shape index (κ2) is 5.50. The van der Waals surface area contributed by atoms with Gasteiger partial charge >= 0.3 is 0 Å². The van der Waals surface area contributed by atoms with Gasteiger partial charge in [0, 0.05) is 26.1 Å². The first-order valence-corrected chi connectivity index (χ1v) is 5.91. The molecule has 1 aliphatic rings. The lowest BCUT2D eigenvalue weighted by Crippen LogP contribution is -2.40. The van der Waals surface area contributed by atoms with Crippen LogP contribution in [0.1, 0.15) is 33.1 Å². The Morgan fingerprint density at radius 1 is 1.33 bits per heavy atom. The van der Waals surface area contributed by atoms with E-state index in [0.717, 1.165) is 26.1 Å². The van der Waals surface area contributed by atoms with E-state index in [0.29, 0.717) is 5.41 Å². The number of nitrogens with zero attached hydrogens (tertiary/aromatic N) is 2. The van der Waals surface area contributed by atoms with E-state index >= 15 is 0 Å². The highest BCUT2D eigenvalue weighted by molar-refractivity contribution is 5.82. The molecule has 88 valence electrons. The number of amidine groups is 1. The highest BCUT2D eigenvalue weighted by Gasteiger charge is 2.19. The van der Waals surface area contributed by atoms with Gasteiger partial charge in [0.15, 0.2) is 0 Å². The van der Waals surface area contributed by atoms with E-state index in [-0.39, 0.29) is 0 Å². The lowest BCUT2D eigenvalue weighted by Gasteiger charge is -2.29. The molecule has 0 saturated heterocycles. The van der Waals surface area contributed by atoms with Gasteiger partial charge in [-0.3, -0.25) is 4.99 Å². The minimum Gasteiger partial charge on any atom is -0.373 e.